The first-order valence-electron chi connectivity index (χ1n) is 11.0. The Morgan fingerprint density at radius 2 is 1.69 bits per heavy atom. The number of amides is 2. The van der Waals surface area contributed by atoms with Gasteiger partial charge in [0.2, 0.25) is 11.8 Å². The van der Waals surface area contributed by atoms with Gasteiger partial charge in [-0.2, -0.15) is 0 Å². The van der Waals surface area contributed by atoms with Gasteiger partial charge in [-0.3, -0.25) is 9.59 Å². The zero-order valence-corrected chi connectivity index (χ0v) is 17.1. The maximum absolute atomic E-state index is 13.4. The first kappa shape index (κ1) is 19.7. The molecule has 1 aliphatic heterocycles. The van der Waals surface area contributed by atoms with E-state index in [1.807, 2.05) is 41.1 Å². The molecule has 5 heteroatoms. The summed E-state index contributed by atoms with van der Waals surface area (Å²) < 4.78 is 1.92. The summed E-state index contributed by atoms with van der Waals surface area (Å²) in [6.45, 7) is 0.862. The lowest BCUT2D eigenvalue weighted by Crippen LogP contribution is -2.51. The summed E-state index contributed by atoms with van der Waals surface area (Å²) in [4.78, 5) is 28.1. The summed E-state index contributed by atoms with van der Waals surface area (Å²) in [5.41, 5.74) is 2.10. The zero-order chi connectivity index (χ0) is 20.1. The van der Waals surface area contributed by atoms with Crippen LogP contribution in [0.4, 0.5) is 0 Å². The molecule has 1 aliphatic carbocycles. The molecule has 0 spiro atoms. The van der Waals surface area contributed by atoms with Crippen LogP contribution in [0.3, 0.4) is 0 Å². The van der Waals surface area contributed by atoms with Gasteiger partial charge in [-0.1, -0.05) is 62.4 Å². The van der Waals surface area contributed by atoms with E-state index < -0.39 is 6.04 Å². The Hall–Kier alpha value is -2.56. The van der Waals surface area contributed by atoms with Gasteiger partial charge in [-0.25, -0.2) is 0 Å². The minimum atomic E-state index is -0.541. The highest BCUT2D eigenvalue weighted by Gasteiger charge is 2.37. The molecular formula is C24H31N3O2. The Balaban J connectivity index is 1.51. The monoisotopic (exact) mass is 393 g/mol. The molecule has 1 atom stereocenters. The number of carbonyl (C=O) groups excluding carboxylic acids is 2. The molecule has 0 bridgehead atoms. The van der Waals surface area contributed by atoms with Gasteiger partial charge in [0.1, 0.15) is 6.54 Å². The zero-order valence-electron chi connectivity index (χ0n) is 17.1. The first-order valence-corrected chi connectivity index (χ1v) is 11.0. The van der Waals surface area contributed by atoms with Crippen molar-refractivity contribution in [2.75, 3.05) is 6.54 Å². The normalized spacial score (nSPS) is 20.6. The Morgan fingerprint density at radius 1 is 0.966 bits per heavy atom. The predicted molar refractivity (Wildman–Crippen MR) is 113 cm³/mol. The van der Waals surface area contributed by atoms with Gasteiger partial charge < -0.3 is 14.8 Å². The van der Waals surface area contributed by atoms with Crippen LogP contribution in [0.2, 0.25) is 0 Å². The minimum absolute atomic E-state index is 0.0162. The van der Waals surface area contributed by atoms with Crippen molar-refractivity contribution in [1.29, 1.82) is 0 Å². The lowest BCUT2D eigenvalue weighted by Gasteiger charge is -2.37. The molecule has 1 unspecified atom stereocenters. The second kappa shape index (κ2) is 9.29. The molecule has 4 rings (SSSR count). The Kier molecular flexibility index (Phi) is 6.33. The van der Waals surface area contributed by atoms with Crippen LogP contribution in [-0.4, -0.2) is 33.9 Å². The van der Waals surface area contributed by atoms with E-state index in [1.165, 1.54) is 37.7 Å². The molecule has 1 fully saturated rings. The topological polar surface area (TPSA) is 54.3 Å². The van der Waals surface area contributed by atoms with Crippen LogP contribution in [0.25, 0.3) is 0 Å². The number of rotatable bonds is 5. The van der Waals surface area contributed by atoms with Crippen LogP contribution in [0.1, 0.15) is 62.2 Å². The van der Waals surface area contributed by atoms with Gasteiger partial charge in [0.15, 0.2) is 6.04 Å². The lowest BCUT2D eigenvalue weighted by molar-refractivity contribution is -0.144. The number of carbonyl (C=O) groups is 2. The fourth-order valence-electron chi connectivity index (χ4n) is 4.66. The second-order valence-electron chi connectivity index (χ2n) is 8.34. The molecule has 2 amide bonds. The van der Waals surface area contributed by atoms with Crippen molar-refractivity contribution in [2.24, 2.45) is 0 Å². The minimum Gasteiger partial charge on any atom is -0.351 e. The molecule has 1 aromatic heterocycles. The summed E-state index contributed by atoms with van der Waals surface area (Å²) in [5, 5.41) is 3.29. The van der Waals surface area contributed by atoms with Gasteiger partial charge in [-0.15, -0.1) is 0 Å². The third kappa shape index (κ3) is 4.72. The largest absolute Gasteiger partial charge is 0.351 e. The molecule has 2 aliphatic rings. The van der Waals surface area contributed by atoms with Gasteiger partial charge in [-0.05, 0) is 37.0 Å². The quantitative estimate of drug-likeness (QED) is 0.839. The van der Waals surface area contributed by atoms with E-state index >= 15 is 0 Å². The van der Waals surface area contributed by atoms with Crippen molar-refractivity contribution in [1.82, 2.24) is 14.8 Å². The van der Waals surface area contributed by atoms with E-state index in [4.69, 9.17) is 0 Å². The Labute approximate surface area is 173 Å². The number of aromatic nitrogens is 1. The standard InChI is InChI=1S/C24H31N3O2/c28-22-18-26-16-9-14-21(26)23(27(22)17-15-19-10-5-4-6-11-19)24(29)25-20-12-7-2-1-3-8-13-20/h4-6,9-11,14,16,20,23H,1-3,7-8,12-13,15,17-18H2,(H,25,29). The maximum Gasteiger partial charge on any atom is 0.249 e. The van der Waals surface area contributed by atoms with Crippen LogP contribution in [0.5, 0.6) is 0 Å². The Morgan fingerprint density at radius 3 is 2.45 bits per heavy atom. The summed E-state index contributed by atoms with van der Waals surface area (Å²) in [6, 6.07) is 13.7. The highest BCUT2D eigenvalue weighted by Crippen LogP contribution is 2.28. The maximum atomic E-state index is 13.4. The van der Waals surface area contributed by atoms with Crippen LogP contribution >= 0.6 is 0 Å². The fourth-order valence-corrected chi connectivity index (χ4v) is 4.66. The van der Waals surface area contributed by atoms with E-state index in [0.717, 1.165) is 25.0 Å². The van der Waals surface area contributed by atoms with Crippen LogP contribution in [-0.2, 0) is 22.6 Å². The van der Waals surface area contributed by atoms with Crippen molar-refractivity contribution in [3.63, 3.8) is 0 Å². The molecule has 1 saturated carbocycles. The van der Waals surface area contributed by atoms with E-state index in [0.29, 0.717) is 13.1 Å². The summed E-state index contributed by atoms with van der Waals surface area (Å²) in [7, 11) is 0. The fraction of sp³-hybridized carbons (Fsp3) is 0.500. The molecule has 1 aromatic carbocycles. The molecule has 2 aromatic rings. The third-order valence-corrected chi connectivity index (χ3v) is 6.27. The predicted octanol–water partition coefficient (Wildman–Crippen LogP) is 3.84. The van der Waals surface area contributed by atoms with Gasteiger partial charge in [0, 0.05) is 18.8 Å². The number of nitrogens with one attached hydrogen (secondary N) is 1. The summed E-state index contributed by atoms with van der Waals surface area (Å²) in [6.07, 6.45) is 10.9. The number of benzene rings is 1. The van der Waals surface area contributed by atoms with Crippen LogP contribution in [0, 0.1) is 0 Å². The van der Waals surface area contributed by atoms with E-state index in [2.05, 4.69) is 17.4 Å². The average molecular weight is 394 g/mol. The Bertz CT molecular complexity index is 822. The molecule has 5 nitrogen and oxygen atoms in total. The third-order valence-electron chi connectivity index (χ3n) is 6.27. The molecular weight excluding hydrogens is 362 g/mol. The molecule has 0 saturated heterocycles. The highest BCUT2D eigenvalue weighted by atomic mass is 16.2. The highest BCUT2D eigenvalue weighted by molar-refractivity contribution is 5.90. The van der Waals surface area contributed by atoms with E-state index in [1.54, 1.807) is 4.90 Å². The lowest BCUT2D eigenvalue weighted by atomic mass is 9.96. The van der Waals surface area contributed by atoms with Crippen molar-refractivity contribution < 1.29 is 9.59 Å². The molecule has 29 heavy (non-hydrogen) atoms. The van der Waals surface area contributed by atoms with Crippen LogP contribution < -0.4 is 5.32 Å². The van der Waals surface area contributed by atoms with E-state index in [-0.39, 0.29) is 17.9 Å². The molecule has 0 radical (unpaired) electrons. The van der Waals surface area contributed by atoms with E-state index in [9.17, 15) is 9.59 Å². The SMILES string of the molecule is O=C(NC1CCCCCCC1)C1c2cccn2CC(=O)N1CCc1ccccc1. The number of hydrogen-bond donors (Lipinski definition) is 1. The van der Waals surface area contributed by atoms with Crippen molar-refractivity contribution in [2.45, 2.75) is 70.0 Å². The number of nitrogens with zero attached hydrogens (tertiary/aromatic N) is 2. The average Bonchev–Trinajstić information content (AvgIpc) is 3.16. The van der Waals surface area contributed by atoms with Crippen LogP contribution in [0.15, 0.2) is 48.7 Å². The van der Waals surface area contributed by atoms with Gasteiger partial charge >= 0.3 is 0 Å². The van der Waals surface area contributed by atoms with Gasteiger partial charge in [0.05, 0.1) is 5.69 Å². The summed E-state index contributed by atoms with van der Waals surface area (Å²) in [5.74, 6) is -0.0147. The molecule has 1 N–H and O–H groups in total. The van der Waals surface area contributed by atoms with Crippen molar-refractivity contribution in [3.8, 4) is 0 Å². The van der Waals surface area contributed by atoms with Gasteiger partial charge in [0.25, 0.3) is 0 Å². The number of hydrogen-bond acceptors (Lipinski definition) is 2. The first-order chi connectivity index (χ1) is 14.2. The van der Waals surface area contributed by atoms with Crippen molar-refractivity contribution in [3.05, 3.63) is 59.9 Å². The summed E-state index contributed by atoms with van der Waals surface area (Å²) >= 11 is 0. The molecule has 154 valence electrons. The molecule has 2 heterocycles. The second-order valence-corrected chi connectivity index (χ2v) is 8.34. The number of fused-ring (bicyclic) bond motifs is 1. The van der Waals surface area contributed by atoms with Crippen molar-refractivity contribution >= 4 is 11.8 Å². The smallest absolute Gasteiger partial charge is 0.249 e.